The second-order valence-electron chi connectivity index (χ2n) is 2.20. The smallest absolute Gasteiger partial charge is 0.0651 e. The number of halogens is 1. The average Bonchev–Trinajstić information content (AvgIpc) is 2.43. The van der Waals surface area contributed by atoms with Gasteiger partial charge in [0.05, 0.1) is 6.04 Å². The molecule has 3 heteroatoms. The van der Waals surface area contributed by atoms with Crippen LogP contribution in [0.5, 0.6) is 0 Å². The van der Waals surface area contributed by atoms with Crippen molar-refractivity contribution < 1.29 is 0 Å². The van der Waals surface area contributed by atoms with Crippen LogP contribution in [0.15, 0.2) is 18.5 Å². The summed E-state index contributed by atoms with van der Waals surface area (Å²) < 4.78 is 1.90. The molecule has 0 N–H and O–H groups in total. The van der Waals surface area contributed by atoms with Crippen LogP contribution in [-0.4, -0.2) is 15.7 Å². The molecule has 1 aromatic rings. The Balaban J connectivity index is 2.64. The second kappa shape index (κ2) is 3.62. The first kappa shape index (κ1) is 7.61. The highest BCUT2D eigenvalue weighted by Gasteiger charge is 2.04. The van der Waals surface area contributed by atoms with Gasteiger partial charge in [0.15, 0.2) is 0 Å². The number of hydrogen-bond donors (Lipinski definition) is 0. The Morgan fingerprint density at radius 3 is 2.90 bits per heavy atom. The van der Waals surface area contributed by atoms with Crippen LogP contribution in [0.1, 0.15) is 19.4 Å². The molecule has 0 spiro atoms. The Morgan fingerprint density at radius 1 is 1.70 bits per heavy atom. The minimum Gasteiger partial charge on any atom is -0.269 e. The SMILES string of the molecule is CCC(CCl)n1cccn1. The molecule has 1 heterocycles. The van der Waals surface area contributed by atoms with Crippen LogP contribution in [0.25, 0.3) is 0 Å². The molecule has 10 heavy (non-hydrogen) atoms. The lowest BCUT2D eigenvalue weighted by Crippen LogP contribution is -2.09. The first-order valence-corrected chi connectivity index (χ1v) is 3.97. The maximum atomic E-state index is 5.70. The lowest BCUT2D eigenvalue weighted by atomic mass is 10.3. The van der Waals surface area contributed by atoms with Gasteiger partial charge in [0.1, 0.15) is 0 Å². The quantitative estimate of drug-likeness (QED) is 0.616. The van der Waals surface area contributed by atoms with E-state index in [-0.39, 0.29) is 0 Å². The number of hydrogen-bond acceptors (Lipinski definition) is 1. The molecule has 0 aromatic carbocycles. The van der Waals surface area contributed by atoms with E-state index in [1.165, 1.54) is 0 Å². The Kier molecular flexibility index (Phi) is 2.75. The summed E-state index contributed by atoms with van der Waals surface area (Å²) in [5.74, 6) is 0.637. The van der Waals surface area contributed by atoms with Crippen molar-refractivity contribution in [1.29, 1.82) is 0 Å². The lowest BCUT2D eigenvalue weighted by Gasteiger charge is -2.10. The highest BCUT2D eigenvalue weighted by molar-refractivity contribution is 6.18. The first-order valence-electron chi connectivity index (χ1n) is 3.43. The second-order valence-corrected chi connectivity index (χ2v) is 2.51. The summed E-state index contributed by atoms with van der Waals surface area (Å²) in [4.78, 5) is 0. The zero-order valence-corrected chi connectivity index (χ0v) is 6.75. The number of aromatic nitrogens is 2. The van der Waals surface area contributed by atoms with Gasteiger partial charge in [-0.25, -0.2) is 0 Å². The zero-order chi connectivity index (χ0) is 7.40. The maximum Gasteiger partial charge on any atom is 0.0651 e. The monoisotopic (exact) mass is 158 g/mol. The minimum atomic E-state index is 0.358. The Labute approximate surface area is 65.8 Å². The van der Waals surface area contributed by atoms with E-state index in [1.54, 1.807) is 6.20 Å². The van der Waals surface area contributed by atoms with Crippen LogP contribution in [0, 0.1) is 0 Å². The summed E-state index contributed by atoms with van der Waals surface area (Å²) >= 11 is 5.70. The van der Waals surface area contributed by atoms with E-state index in [1.807, 2.05) is 16.9 Å². The summed E-state index contributed by atoms with van der Waals surface area (Å²) in [7, 11) is 0. The molecule has 0 saturated heterocycles. The molecule has 0 fully saturated rings. The Hall–Kier alpha value is -0.500. The van der Waals surface area contributed by atoms with Gasteiger partial charge < -0.3 is 0 Å². The third-order valence-electron chi connectivity index (χ3n) is 1.55. The van der Waals surface area contributed by atoms with Crippen molar-refractivity contribution in [3.63, 3.8) is 0 Å². The van der Waals surface area contributed by atoms with E-state index in [9.17, 15) is 0 Å². The number of nitrogens with zero attached hydrogens (tertiary/aromatic N) is 2. The van der Waals surface area contributed by atoms with Gasteiger partial charge in [-0.05, 0) is 12.5 Å². The van der Waals surface area contributed by atoms with Gasteiger partial charge >= 0.3 is 0 Å². The Morgan fingerprint density at radius 2 is 2.50 bits per heavy atom. The number of alkyl halides is 1. The van der Waals surface area contributed by atoms with Crippen molar-refractivity contribution >= 4 is 11.6 Å². The largest absolute Gasteiger partial charge is 0.269 e. The van der Waals surface area contributed by atoms with Crippen molar-refractivity contribution in [3.05, 3.63) is 18.5 Å². The summed E-state index contributed by atoms with van der Waals surface area (Å²) in [5, 5.41) is 4.09. The minimum absolute atomic E-state index is 0.358. The van der Waals surface area contributed by atoms with Crippen molar-refractivity contribution in [2.24, 2.45) is 0 Å². The van der Waals surface area contributed by atoms with Crippen molar-refractivity contribution in [1.82, 2.24) is 9.78 Å². The van der Waals surface area contributed by atoms with Gasteiger partial charge in [-0.3, -0.25) is 4.68 Å². The predicted octanol–water partition coefficient (Wildman–Crippen LogP) is 2.07. The fourth-order valence-electron chi connectivity index (χ4n) is 0.863. The molecule has 0 radical (unpaired) electrons. The maximum absolute atomic E-state index is 5.70. The summed E-state index contributed by atoms with van der Waals surface area (Å²) in [6, 6.07) is 2.27. The zero-order valence-electron chi connectivity index (χ0n) is 6.00. The normalized spacial score (nSPS) is 13.4. The van der Waals surface area contributed by atoms with E-state index in [2.05, 4.69) is 12.0 Å². The molecule has 1 unspecified atom stereocenters. The molecule has 0 aliphatic carbocycles. The molecule has 0 amide bonds. The van der Waals surface area contributed by atoms with Crippen LogP contribution in [0.3, 0.4) is 0 Å². The van der Waals surface area contributed by atoms with Crippen molar-refractivity contribution in [2.75, 3.05) is 5.88 Å². The van der Waals surface area contributed by atoms with E-state index in [0.29, 0.717) is 11.9 Å². The lowest BCUT2D eigenvalue weighted by molar-refractivity contribution is 0.483. The number of rotatable bonds is 3. The van der Waals surface area contributed by atoms with E-state index < -0.39 is 0 Å². The Bertz CT molecular complexity index is 168. The fourth-order valence-corrected chi connectivity index (χ4v) is 1.22. The van der Waals surface area contributed by atoms with Gasteiger partial charge in [0.25, 0.3) is 0 Å². The third-order valence-corrected chi connectivity index (χ3v) is 1.90. The predicted molar refractivity (Wildman–Crippen MR) is 42.3 cm³/mol. The standard InChI is InChI=1S/C7H11ClN2/c1-2-7(6-8)10-5-3-4-9-10/h3-5,7H,2,6H2,1H3. The topological polar surface area (TPSA) is 17.8 Å². The summed E-state index contributed by atoms with van der Waals surface area (Å²) in [6.45, 7) is 2.11. The van der Waals surface area contributed by atoms with Gasteiger partial charge in [0.2, 0.25) is 0 Å². The van der Waals surface area contributed by atoms with E-state index in [0.717, 1.165) is 6.42 Å². The molecule has 1 rings (SSSR count). The highest BCUT2D eigenvalue weighted by atomic mass is 35.5. The van der Waals surface area contributed by atoms with Crippen LogP contribution < -0.4 is 0 Å². The van der Waals surface area contributed by atoms with Gasteiger partial charge in [-0.2, -0.15) is 5.10 Å². The van der Waals surface area contributed by atoms with Crippen LogP contribution in [0.4, 0.5) is 0 Å². The fraction of sp³-hybridized carbons (Fsp3) is 0.571. The molecule has 0 saturated carbocycles. The molecule has 0 aliphatic heterocycles. The summed E-state index contributed by atoms with van der Waals surface area (Å²) in [5.41, 5.74) is 0. The van der Waals surface area contributed by atoms with Crippen LogP contribution >= 0.6 is 11.6 Å². The molecular weight excluding hydrogens is 148 g/mol. The van der Waals surface area contributed by atoms with E-state index in [4.69, 9.17) is 11.6 Å². The van der Waals surface area contributed by atoms with Crippen LogP contribution in [-0.2, 0) is 0 Å². The first-order chi connectivity index (χ1) is 4.88. The van der Waals surface area contributed by atoms with Crippen LogP contribution in [0.2, 0.25) is 0 Å². The molecule has 0 bridgehead atoms. The average molecular weight is 159 g/mol. The molecule has 0 aliphatic rings. The molecule has 56 valence electrons. The molecule has 1 aromatic heterocycles. The van der Waals surface area contributed by atoms with Crippen molar-refractivity contribution in [2.45, 2.75) is 19.4 Å². The highest BCUT2D eigenvalue weighted by Crippen LogP contribution is 2.10. The summed E-state index contributed by atoms with van der Waals surface area (Å²) in [6.07, 6.45) is 4.75. The molecular formula is C7H11ClN2. The van der Waals surface area contributed by atoms with E-state index >= 15 is 0 Å². The van der Waals surface area contributed by atoms with Crippen molar-refractivity contribution in [3.8, 4) is 0 Å². The third kappa shape index (κ3) is 1.51. The van der Waals surface area contributed by atoms with Gasteiger partial charge in [-0.1, -0.05) is 6.92 Å². The molecule has 2 nitrogen and oxygen atoms in total. The van der Waals surface area contributed by atoms with Gasteiger partial charge in [0, 0.05) is 18.3 Å². The van der Waals surface area contributed by atoms with Gasteiger partial charge in [-0.15, -0.1) is 11.6 Å². The molecule has 1 atom stereocenters.